The van der Waals surface area contributed by atoms with E-state index in [-0.39, 0.29) is 0 Å². The van der Waals surface area contributed by atoms with E-state index in [2.05, 4.69) is 62.7 Å². The third kappa shape index (κ3) is 5.82. The molecule has 0 spiro atoms. The van der Waals surface area contributed by atoms with Gasteiger partial charge in [-0.15, -0.1) is 0 Å². The molecule has 0 radical (unpaired) electrons. The Morgan fingerprint density at radius 2 is 1.95 bits per heavy atom. The number of nitrogens with one attached hydrogen (secondary N) is 1. The van der Waals surface area contributed by atoms with Gasteiger partial charge in [0.1, 0.15) is 0 Å². The number of hydrogen-bond acceptors (Lipinski definition) is 2. The highest BCUT2D eigenvalue weighted by Crippen LogP contribution is 2.24. The molecule has 0 aliphatic rings. The second-order valence-electron chi connectivity index (χ2n) is 7.06. The summed E-state index contributed by atoms with van der Waals surface area (Å²) in [6.45, 7) is 15.7. The van der Waals surface area contributed by atoms with Crippen LogP contribution < -0.4 is 5.32 Å². The van der Waals surface area contributed by atoms with Gasteiger partial charge < -0.3 is 5.32 Å². The topological polar surface area (TPSA) is 29.9 Å². The molecule has 1 aromatic rings. The molecule has 122 valence electrons. The average molecular weight is 293 g/mol. The molecule has 1 unspecified atom stereocenters. The fourth-order valence-corrected chi connectivity index (χ4v) is 2.81. The molecule has 0 aliphatic carbocycles. The summed E-state index contributed by atoms with van der Waals surface area (Å²) in [6.07, 6.45) is 5.84. The number of hydrogen-bond donors (Lipinski definition) is 1. The van der Waals surface area contributed by atoms with Crippen molar-refractivity contribution in [3.05, 3.63) is 17.5 Å². The van der Waals surface area contributed by atoms with E-state index in [4.69, 9.17) is 0 Å². The molecule has 0 bridgehead atoms. The van der Waals surface area contributed by atoms with Crippen LogP contribution >= 0.6 is 0 Å². The molecule has 0 aliphatic heterocycles. The van der Waals surface area contributed by atoms with Crippen LogP contribution in [0.3, 0.4) is 0 Å². The summed E-state index contributed by atoms with van der Waals surface area (Å²) < 4.78 is 2.17. The van der Waals surface area contributed by atoms with Crippen LogP contribution in [0.1, 0.15) is 72.2 Å². The largest absolute Gasteiger partial charge is 0.313 e. The van der Waals surface area contributed by atoms with Gasteiger partial charge in [0.15, 0.2) is 0 Å². The van der Waals surface area contributed by atoms with Gasteiger partial charge in [-0.25, -0.2) is 0 Å². The molecule has 1 aromatic heterocycles. The van der Waals surface area contributed by atoms with Crippen molar-refractivity contribution in [1.82, 2.24) is 15.1 Å². The molecule has 21 heavy (non-hydrogen) atoms. The Morgan fingerprint density at radius 3 is 2.48 bits per heavy atom. The Kier molecular flexibility index (Phi) is 7.44. The van der Waals surface area contributed by atoms with Gasteiger partial charge in [-0.2, -0.15) is 5.10 Å². The second-order valence-corrected chi connectivity index (χ2v) is 7.06. The summed E-state index contributed by atoms with van der Waals surface area (Å²) in [5.41, 5.74) is 2.95. The average Bonchev–Trinajstić information content (AvgIpc) is 2.83. The van der Waals surface area contributed by atoms with Crippen molar-refractivity contribution in [2.75, 3.05) is 6.54 Å². The van der Waals surface area contributed by atoms with Gasteiger partial charge in [0, 0.05) is 18.3 Å². The summed E-state index contributed by atoms with van der Waals surface area (Å²) in [5, 5.41) is 8.36. The fraction of sp³-hybridized carbons (Fsp3) is 0.833. The first-order chi connectivity index (χ1) is 9.92. The Balaban J connectivity index is 2.55. The van der Waals surface area contributed by atoms with Gasteiger partial charge >= 0.3 is 0 Å². The van der Waals surface area contributed by atoms with E-state index in [1.165, 1.54) is 30.7 Å². The van der Waals surface area contributed by atoms with E-state index in [0.717, 1.165) is 25.9 Å². The monoisotopic (exact) mass is 293 g/mol. The fourth-order valence-electron chi connectivity index (χ4n) is 2.81. The molecule has 1 rings (SSSR count). The maximum Gasteiger partial charge on any atom is 0.0624 e. The maximum atomic E-state index is 4.64. The van der Waals surface area contributed by atoms with Gasteiger partial charge in [-0.1, -0.05) is 34.6 Å². The molecule has 0 fully saturated rings. The Bertz CT molecular complexity index is 401. The Hall–Kier alpha value is -0.830. The highest BCUT2D eigenvalue weighted by atomic mass is 15.3. The third-order valence-electron chi connectivity index (χ3n) is 4.19. The van der Waals surface area contributed by atoms with Crippen molar-refractivity contribution >= 4 is 0 Å². The summed E-state index contributed by atoms with van der Waals surface area (Å²) in [4.78, 5) is 0. The minimum absolute atomic E-state index is 0.328. The van der Waals surface area contributed by atoms with Crippen LogP contribution in [0.2, 0.25) is 0 Å². The van der Waals surface area contributed by atoms with E-state index in [1.54, 1.807) is 0 Å². The predicted octanol–water partition coefficient (Wildman–Crippen LogP) is 4.20. The van der Waals surface area contributed by atoms with Gasteiger partial charge in [0.2, 0.25) is 0 Å². The molecule has 1 N–H and O–H groups in total. The van der Waals surface area contributed by atoms with E-state index in [9.17, 15) is 0 Å². The van der Waals surface area contributed by atoms with Gasteiger partial charge in [0.05, 0.1) is 5.69 Å². The lowest BCUT2D eigenvalue weighted by Gasteiger charge is -2.32. The van der Waals surface area contributed by atoms with Gasteiger partial charge in [-0.05, 0) is 57.1 Å². The van der Waals surface area contributed by atoms with E-state index in [1.807, 2.05) is 0 Å². The minimum Gasteiger partial charge on any atom is -0.313 e. The molecule has 3 heteroatoms. The van der Waals surface area contributed by atoms with E-state index < -0.39 is 0 Å². The zero-order chi connectivity index (χ0) is 15.9. The van der Waals surface area contributed by atoms with Crippen molar-refractivity contribution in [2.24, 2.45) is 5.41 Å². The lowest BCUT2D eigenvalue weighted by molar-refractivity contribution is 0.251. The number of rotatable bonds is 9. The van der Waals surface area contributed by atoms with Crippen molar-refractivity contribution in [3.8, 4) is 0 Å². The van der Waals surface area contributed by atoms with E-state index >= 15 is 0 Å². The first-order valence-electron chi connectivity index (χ1n) is 8.71. The molecular formula is C18H35N3. The summed E-state index contributed by atoms with van der Waals surface area (Å²) in [5.74, 6) is 0. The predicted molar refractivity (Wildman–Crippen MR) is 91.8 cm³/mol. The Labute approximate surface area is 131 Å². The number of aryl methyl sites for hydroxylation is 3. The quantitative estimate of drug-likeness (QED) is 0.739. The van der Waals surface area contributed by atoms with Crippen LogP contribution in [0.15, 0.2) is 6.07 Å². The number of aromatic nitrogens is 2. The second kappa shape index (κ2) is 8.57. The van der Waals surface area contributed by atoms with Crippen LogP contribution in [-0.2, 0) is 19.4 Å². The van der Waals surface area contributed by atoms with Gasteiger partial charge in [-0.3, -0.25) is 4.68 Å². The maximum absolute atomic E-state index is 4.64. The van der Waals surface area contributed by atoms with Crippen molar-refractivity contribution < 1.29 is 0 Å². The van der Waals surface area contributed by atoms with E-state index in [0.29, 0.717) is 11.5 Å². The molecule has 0 amide bonds. The zero-order valence-corrected chi connectivity index (χ0v) is 15.0. The smallest absolute Gasteiger partial charge is 0.0624 e. The molecule has 1 heterocycles. The zero-order valence-electron chi connectivity index (χ0n) is 15.0. The highest BCUT2D eigenvalue weighted by molar-refractivity contribution is 5.10. The SMILES string of the molecule is CCCNC(CCCc1cc(CC)nn1CC)C(C)(C)C. The first kappa shape index (κ1) is 18.2. The summed E-state index contributed by atoms with van der Waals surface area (Å²) in [6, 6.07) is 2.89. The first-order valence-corrected chi connectivity index (χ1v) is 8.71. The Morgan fingerprint density at radius 1 is 1.24 bits per heavy atom. The minimum atomic E-state index is 0.328. The number of nitrogens with zero attached hydrogens (tertiary/aromatic N) is 2. The molecule has 0 aromatic carbocycles. The van der Waals surface area contributed by atoms with Crippen LogP contribution in [0.5, 0.6) is 0 Å². The lowest BCUT2D eigenvalue weighted by Crippen LogP contribution is -2.40. The van der Waals surface area contributed by atoms with Crippen LogP contribution in [-0.4, -0.2) is 22.4 Å². The highest BCUT2D eigenvalue weighted by Gasteiger charge is 2.23. The molecule has 0 saturated heterocycles. The van der Waals surface area contributed by atoms with Crippen molar-refractivity contribution in [1.29, 1.82) is 0 Å². The van der Waals surface area contributed by atoms with Crippen molar-refractivity contribution in [3.63, 3.8) is 0 Å². The normalized spacial score (nSPS) is 13.6. The summed E-state index contributed by atoms with van der Waals surface area (Å²) in [7, 11) is 0. The lowest BCUT2D eigenvalue weighted by atomic mass is 9.83. The summed E-state index contributed by atoms with van der Waals surface area (Å²) >= 11 is 0. The molecule has 0 saturated carbocycles. The van der Waals surface area contributed by atoms with Crippen LogP contribution in [0.25, 0.3) is 0 Å². The van der Waals surface area contributed by atoms with Crippen molar-refractivity contribution in [2.45, 2.75) is 86.2 Å². The third-order valence-corrected chi connectivity index (χ3v) is 4.19. The standard InChI is InChI=1S/C18H35N3/c1-7-13-19-17(18(4,5)6)12-10-11-16-14-15(8-2)20-21(16)9-3/h14,17,19H,7-13H2,1-6H3. The van der Waals surface area contributed by atoms with Crippen LogP contribution in [0.4, 0.5) is 0 Å². The molecular weight excluding hydrogens is 258 g/mol. The van der Waals surface area contributed by atoms with Gasteiger partial charge in [0.25, 0.3) is 0 Å². The molecule has 3 nitrogen and oxygen atoms in total. The van der Waals surface area contributed by atoms with Crippen LogP contribution in [0, 0.1) is 5.41 Å². The molecule has 1 atom stereocenters.